The van der Waals surface area contributed by atoms with Crippen LogP contribution in [0.25, 0.3) is 0 Å². The fourth-order valence-corrected chi connectivity index (χ4v) is 2.08. The number of nitrogens with one attached hydrogen (secondary N) is 1. The van der Waals surface area contributed by atoms with E-state index in [-0.39, 0.29) is 11.2 Å². The quantitative estimate of drug-likeness (QED) is 0.799. The summed E-state index contributed by atoms with van der Waals surface area (Å²) < 4.78 is 5.28. The van der Waals surface area contributed by atoms with Crippen LogP contribution in [0.3, 0.4) is 0 Å². The van der Waals surface area contributed by atoms with E-state index >= 15 is 0 Å². The Morgan fingerprint density at radius 2 is 1.45 bits per heavy atom. The summed E-state index contributed by atoms with van der Waals surface area (Å²) in [5.74, 6) is 0.0484. The molecule has 1 atom stereocenters. The standard InChI is InChI=1S/C18H35NO3/c1-16(2,3)12-10-11-13(14(20)17(4,5)6)19-15(21)22-18(7,8)9/h13H,10-12H2,1-9H3,(H,19,21). The van der Waals surface area contributed by atoms with Crippen molar-refractivity contribution in [3.63, 3.8) is 0 Å². The summed E-state index contributed by atoms with van der Waals surface area (Å²) in [7, 11) is 0. The number of ether oxygens (including phenoxy) is 1. The predicted octanol–water partition coefficient (Wildman–Crippen LogP) is 4.71. The minimum absolute atomic E-state index is 0.0484. The van der Waals surface area contributed by atoms with Crippen molar-refractivity contribution in [3.8, 4) is 0 Å². The summed E-state index contributed by atoms with van der Waals surface area (Å²) >= 11 is 0. The third-order valence-electron chi connectivity index (χ3n) is 3.17. The molecule has 22 heavy (non-hydrogen) atoms. The van der Waals surface area contributed by atoms with Gasteiger partial charge in [-0.1, -0.05) is 48.0 Å². The molecule has 0 aliphatic carbocycles. The van der Waals surface area contributed by atoms with E-state index in [0.29, 0.717) is 6.42 Å². The number of amides is 1. The molecule has 0 aliphatic heterocycles. The van der Waals surface area contributed by atoms with E-state index in [0.717, 1.165) is 12.8 Å². The molecule has 0 saturated carbocycles. The summed E-state index contributed by atoms with van der Waals surface area (Å²) in [5, 5.41) is 2.76. The van der Waals surface area contributed by atoms with Gasteiger partial charge in [0.15, 0.2) is 5.78 Å². The van der Waals surface area contributed by atoms with E-state index < -0.39 is 23.2 Å². The molecule has 0 rings (SSSR count). The van der Waals surface area contributed by atoms with Crippen molar-refractivity contribution >= 4 is 11.9 Å². The van der Waals surface area contributed by atoms with Gasteiger partial charge in [0.25, 0.3) is 0 Å². The second-order valence-electron chi connectivity index (χ2n) is 9.27. The molecule has 0 fully saturated rings. The van der Waals surface area contributed by atoms with Gasteiger partial charge >= 0.3 is 6.09 Å². The Kier molecular flexibility index (Phi) is 7.11. The second kappa shape index (κ2) is 7.47. The van der Waals surface area contributed by atoms with Crippen LogP contribution in [-0.4, -0.2) is 23.5 Å². The number of Topliss-reactive ketones (excluding diaryl/α,β-unsaturated/α-hetero) is 1. The number of hydrogen-bond acceptors (Lipinski definition) is 3. The van der Waals surface area contributed by atoms with Crippen molar-refractivity contribution < 1.29 is 14.3 Å². The monoisotopic (exact) mass is 313 g/mol. The van der Waals surface area contributed by atoms with Crippen molar-refractivity contribution in [1.82, 2.24) is 5.32 Å². The molecule has 0 bridgehead atoms. The molecule has 0 heterocycles. The van der Waals surface area contributed by atoms with Crippen LogP contribution in [0.5, 0.6) is 0 Å². The molecule has 0 aliphatic rings. The Hall–Kier alpha value is -1.06. The van der Waals surface area contributed by atoms with Crippen LogP contribution < -0.4 is 5.32 Å². The lowest BCUT2D eigenvalue weighted by Crippen LogP contribution is -2.47. The normalized spacial score (nSPS) is 14.4. The van der Waals surface area contributed by atoms with Crippen molar-refractivity contribution in [2.75, 3.05) is 0 Å². The Labute approximate surface area is 136 Å². The summed E-state index contributed by atoms with van der Waals surface area (Å²) in [6.07, 6.45) is 2.03. The van der Waals surface area contributed by atoms with Crippen molar-refractivity contribution in [3.05, 3.63) is 0 Å². The fourth-order valence-electron chi connectivity index (χ4n) is 2.08. The van der Waals surface area contributed by atoms with Crippen molar-refractivity contribution in [1.29, 1.82) is 0 Å². The van der Waals surface area contributed by atoms with E-state index in [1.807, 2.05) is 41.5 Å². The van der Waals surface area contributed by atoms with Gasteiger partial charge in [0.2, 0.25) is 0 Å². The zero-order valence-corrected chi connectivity index (χ0v) is 15.9. The van der Waals surface area contributed by atoms with E-state index in [2.05, 4.69) is 26.1 Å². The molecule has 1 unspecified atom stereocenters. The number of hydrogen-bond donors (Lipinski definition) is 1. The van der Waals surface area contributed by atoms with Gasteiger partial charge in [0.1, 0.15) is 5.60 Å². The molecule has 1 amide bonds. The number of alkyl carbamates (subject to hydrolysis) is 1. The summed E-state index contributed by atoms with van der Waals surface area (Å²) in [6, 6.07) is -0.489. The second-order valence-corrected chi connectivity index (χ2v) is 9.27. The lowest BCUT2D eigenvalue weighted by molar-refractivity contribution is -0.128. The largest absolute Gasteiger partial charge is 0.444 e. The van der Waals surface area contributed by atoms with Crippen LogP contribution in [0.4, 0.5) is 4.79 Å². The molecule has 0 radical (unpaired) electrons. The molecule has 0 spiro atoms. The van der Waals surface area contributed by atoms with Gasteiger partial charge in [-0.05, 0) is 39.0 Å². The predicted molar refractivity (Wildman–Crippen MR) is 90.9 cm³/mol. The maximum atomic E-state index is 12.6. The fraction of sp³-hybridized carbons (Fsp3) is 0.889. The van der Waals surface area contributed by atoms with E-state index in [1.165, 1.54) is 0 Å². The lowest BCUT2D eigenvalue weighted by atomic mass is 9.83. The number of carbonyl (C=O) groups is 2. The molecule has 1 N–H and O–H groups in total. The highest BCUT2D eigenvalue weighted by Gasteiger charge is 2.31. The van der Waals surface area contributed by atoms with Gasteiger partial charge in [-0.25, -0.2) is 4.79 Å². The first-order chi connectivity index (χ1) is 9.62. The third kappa shape index (κ3) is 9.80. The molecule has 0 saturated heterocycles. The first-order valence-corrected chi connectivity index (χ1v) is 8.16. The highest BCUT2D eigenvalue weighted by molar-refractivity contribution is 5.91. The number of ketones is 1. The Morgan fingerprint density at radius 1 is 0.955 bits per heavy atom. The van der Waals surface area contributed by atoms with Crippen molar-refractivity contribution in [2.24, 2.45) is 10.8 Å². The minimum atomic E-state index is -0.565. The van der Waals surface area contributed by atoms with E-state index in [9.17, 15) is 9.59 Å². The summed E-state index contributed by atoms with van der Waals surface area (Å²) in [5.41, 5.74) is -0.826. The molecule has 130 valence electrons. The lowest BCUT2D eigenvalue weighted by Gasteiger charge is -2.28. The van der Waals surface area contributed by atoms with Gasteiger partial charge in [0, 0.05) is 5.41 Å². The molecule has 0 aromatic carbocycles. The first kappa shape index (κ1) is 20.9. The molecular formula is C18H35NO3. The first-order valence-electron chi connectivity index (χ1n) is 8.16. The highest BCUT2D eigenvalue weighted by atomic mass is 16.6. The maximum absolute atomic E-state index is 12.6. The molecular weight excluding hydrogens is 278 g/mol. The zero-order chi connectivity index (χ0) is 17.8. The molecule has 0 aromatic rings. The van der Waals surface area contributed by atoms with Crippen LogP contribution in [0, 0.1) is 10.8 Å². The third-order valence-corrected chi connectivity index (χ3v) is 3.17. The van der Waals surface area contributed by atoms with Crippen LogP contribution in [0.15, 0.2) is 0 Å². The van der Waals surface area contributed by atoms with Crippen molar-refractivity contribution in [2.45, 2.75) is 93.2 Å². The Balaban J connectivity index is 4.81. The Bertz CT molecular complexity index is 381. The SMILES string of the molecule is CC(C)(C)CCCC(NC(=O)OC(C)(C)C)C(=O)C(C)(C)C. The molecule has 0 aromatic heterocycles. The van der Waals surface area contributed by atoms with Gasteiger partial charge in [-0.3, -0.25) is 4.79 Å². The summed E-state index contributed by atoms with van der Waals surface area (Å²) in [4.78, 5) is 24.5. The van der Waals surface area contributed by atoms with Gasteiger partial charge in [-0.15, -0.1) is 0 Å². The topological polar surface area (TPSA) is 55.4 Å². The number of rotatable bonds is 5. The van der Waals surface area contributed by atoms with Crippen LogP contribution in [0.2, 0.25) is 0 Å². The maximum Gasteiger partial charge on any atom is 0.408 e. The smallest absolute Gasteiger partial charge is 0.408 e. The van der Waals surface area contributed by atoms with Gasteiger partial charge in [0.05, 0.1) is 6.04 Å². The van der Waals surface area contributed by atoms with Crippen LogP contribution >= 0.6 is 0 Å². The minimum Gasteiger partial charge on any atom is -0.444 e. The van der Waals surface area contributed by atoms with Gasteiger partial charge in [-0.2, -0.15) is 0 Å². The number of carbonyl (C=O) groups excluding carboxylic acids is 2. The van der Waals surface area contributed by atoms with Gasteiger partial charge < -0.3 is 10.1 Å². The average molecular weight is 313 g/mol. The van der Waals surface area contributed by atoms with E-state index in [1.54, 1.807) is 0 Å². The van der Waals surface area contributed by atoms with Crippen LogP contribution in [0.1, 0.15) is 81.6 Å². The summed E-state index contributed by atoms with van der Waals surface area (Å²) in [6.45, 7) is 17.6. The highest BCUT2D eigenvalue weighted by Crippen LogP contribution is 2.24. The van der Waals surface area contributed by atoms with Crippen LogP contribution in [-0.2, 0) is 9.53 Å². The average Bonchev–Trinajstić information content (AvgIpc) is 2.20. The van der Waals surface area contributed by atoms with E-state index in [4.69, 9.17) is 4.74 Å². The zero-order valence-electron chi connectivity index (χ0n) is 15.9. The Morgan fingerprint density at radius 3 is 1.82 bits per heavy atom. The molecule has 4 nitrogen and oxygen atoms in total. The molecule has 4 heteroatoms.